The Hall–Kier alpha value is -2.77. The number of amides is 1. The van der Waals surface area contributed by atoms with E-state index in [9.17, 15) is 19.3 Å². The van der Waals surface area contributed by atoms with Crippen LogP contribution >= 0.6 is 0 Å². The zero-order chi connectivity index (χ0) is 15.2. The summed E-state index contributed by atoms with van der Waals surface area (Å²) < 4.78 is 13.6. The molecule has 7 nitrogen and oxygen atoms in total. The Balaban J connectivity index is 1.87. The van der Waals surface area contributed by atoms with Crippen molar-refractivity contribution in [2.24, 2.45) is 0 Å². The number of hydrogen-bond donors (Lipinski definition) is 2. The number of benzene rings is 1. The fourth-order valence-electron chi connectivity index (χ4n) is 1.79. The van der Waals surface area contributed by atoms with Gasteiger partial charge in [-0.15, -0.1) is 0 Å². The number of H-pyrrole nitrogens is 1. The Morgan fingerprint density at radius 3 is 2.90 bits per heavy atom. The van der Waals surface area contributed by atoms with Gasteiger partial charge >= 0.3 is 0 Å². The van der Waals surface area contributed by atoms with Gasteiger partial charge in [0.25, 0.3) is 11.6 Å². The first-order valence-corrected chi connectivity index (χ1v) is 6.28. The van der Waals surface area contributed by atoms with Crippen LogP contribution in [-0.4, -0.2) is 27.3 Å². The summed E-state index contributed by atoms with van der Waals surface area (Å²) in [5.74, 6) is -0.694. The minimum Gasteiger partial charge on any atom is -0.352 e. The largest absolute Gasteiger partial charge is 0.352 e. The van der Waals surface area contributed by atoms with Gasteiger partial charge in [0.15, 0.2) is 0 Å². The number of aryl methyl sites for hydroxylation is 1. The molecule has 0 radical (unpaired) electrons. The van der Waals surface area contributed by atoms with Crippen LogP contribution in [0.5, 0.6) is 0 Å². The van der Waals surface area contributed by atoms with Gasteiger partial charge < -0.3 is 10.3 Å². The molecule has 0 atom stereocenters. The number of rotatable bonds is 6. The summed E-state index contributed by atoms with van der Waals surface area (Å²) in [4.78, 5) is 28.5. The van der Waals surface area contributed by atoms with E-state index in [1.165, 1.54) is 0 Å². The number of non-ortho nitro benzene ring substituents is 1. The number of carbonyl (C=O) groups excluding carboxylic acids is 1. The van der Waals surface area contributed by atoms with Crippen LogP contribution in [0.2, 0.25) is 0 Å². The van der Waals surface area contributed by atoms with Crippen LogP contribution in [0.3, 0.4) is 0 Å². The van der Waals surface area contributed by atoms with Gasteiger partial charge in [0.05, 0.1) is 16.6 Å². The van der Waals surface area contributed by atoms with Gasteiger partial charge in [0.1, 0.15) is 11.6 Å². The van der Waals surface area contributed by atoms with E-state index in [0.717, 1.165) is 24.0 Å². The summed E-state index contributed by atoms with van der Waals surface area (Å²) in [6, 6.07) is 2.94. The maximum absolute atomic E-state index is 13.6. The van der Waals surface area contributed by atoms with E-state index >= 15 is 0 Å². The highest BCUT2D eigenvalue weighted by atomic mass is 19.1. The predicted molar refractivity (Wildman–Crippen MR) is 72.3 cm³/mol. The monoisotopic (exact) mass is 292 g/mol. The Morgan fingerprint density at radius 2 is 2.29 bits per heavy atom. The molecule has 1 aromatic carbocycles. The molecule has 0 saturated heterocycles. The Morgan fingerprint density at radius 1 is 1.48 bits per heavy atom. The molecule has 8 heteroatoms. The van der Waals surface area contributed by atoms with Crippen molar-refractivity contribution in [1.82, 2.24) is 15.3 Å². The second kappa shape index (κ2) is 6.60. The molecule has 1 amide bonds. The first-order valence-electron chi connectivity index (χ1n) is 6.28. The maximum Gasteiger partial charge on any atom is 0.272 e. The number of hydrogen-bond acceptors (Lipinski definition) is 4. The minimum absolute atomic E-state index is 0.210. The SMILES string of the molecule is O=C(NCCCc1ncc[nH]1)c1ccc([N+](=O)[O-])cc1F. The average Bonchev–Trinajstić information content (AvgIpc) is 2.96. The molecule has 2 rings (SSSR count). The van der Waals surface area contributed by atoms with Crippen LogP contribution in [0.1, 0.15) is 22.6 Å². The van der Waals surface area contributed by atoms with Crippen LogP contribution in [-0.2, 0) is 6.42 Å². The van der Waals surface area contributed by atoms with E-state index in [-0.39, 0.29) is 11.3 Å². The normalized spacial score (nSPS) is 10.3. The molecule has 0 spiro atoms. The van der Waals surface area contributed by atoms with E-state index in [4.69, 9.17) is 0 Å². The van der Waals surface area contributed by atoms with E-state index in [2.05, 4.69) is 15.3 Å². The lowest BCUT2D eigenvalue weighted by atomic mass is 10.1. The topological polar surface area (TPSA) is 101 Å². The van der Waals surface area contributed by atoms with Crippen LogP contribution in [0, 0.1) is 15.9 Å². The quantitative estimate of drug-likeness (QED) is 0.481. The van der Waals surface area contributed by atoms with Gasteiger partial charge in [-0.25, -0.2) is 9.37 Å². The third-order valence-electron chi connectivity index (χ3n) is 2.84. The van der Waals surface area contributed by atoms with Gasteiger partial charge in [-0.1, -0.05) is 0 Å². The highest BCUT2D eigenvalue weighted by Crippen LogP contribution is 2.16. The van der Waals surface area contributed by atoms with E-state index < -0.39 is 16.6 Å². The number of nitrogens with zero attached hydrogens (tertiary/aromatic N) is 2. The molecule has 2 aromatic rings. The second-order valence-electron chi connectivity index (χ2n) is 4.32. The minimum atomic E-state index is -0.910. The lowest BCUT2D eigenvalue weighted by Gasteiger charge is -2.05. The van der Waals surface area contributed by atoms with Crippen LogP contribution in [0.4, 0.5) is 10.1 Å². The van der Waals surface area contributed by atoms with Crippen LogP contribution in [0.25, 0.3) is 0 Å². The molecule has 1 aromatic heterocycles. The number of imidazole rings is 1. The molecule has 0 unspecified atom stereocenters. The van der Waals surface area contributed by atoms with E-state index in [1.807, 2.05) is 0 Å². The van der Waals surface area contributed by atoms with Crippen molar-refractivity contribution in [1.29, 1.82) is 0 Å². The van der Waals surface area contributed by atoms with Crippen molar-refractivity contribution >= 4 is 11.6 Å². The second-order valence-corrected chi connectivity index (χ2v) is 4.32. The van der Waals surface area contributed by atoms with Gasteiger partial charge in [0, 0.05) is 31.4 Å². The number of carbonyl (C=O) groups is 1. The van der Waals surface area contributed by atoms with Crippen molar-refractivity contribution in [2.75, 3.05) is 6.54 Å². The van der Waals surface area contributed by atoms with Gasteiger partial charge in [-0.2, -0.15) is 0 Å². The first-order chi connectivity index (χ1) is 10.1. The van der Waals surface area contributed by atoms with E-state index in [0.29, 0.717) is 19.4 Å². The molecule has 0 fully saturated rings. The molecular formula is C13H13FN4O3. The summed E-state index contributed by atoms with van der Waals surface area (Å²) in [6.07, 6.45) is 4.66. The Kier molecular flexibility index (Phi) is 4.60. The smallest absolute Gasteiger partial charge is 0.272 e. The van der Waals surface area contributed by atoms with Crippen molar-refractivity contribution in [3.05, 3.63) is 57.9 Å². The van der Waals surface area contributed by atoms with Crippen molar-refractivity contribution in [3.8, 4) is 0 Å². The zero-order valence-corrected chi connectivity index (χ0v) is 11.0. The molecule has 21 heavy (non-hydrogen) atoms. The molecule has 110 valence electrons. The molecule has 0 aliphatic heterocycles. The number of nitrogens with one attached hydrogen (secondary N) is 2. The number of nitro benzene ring substituents is 1. The molecule has 0 bridgehead atoms. The summed E-state index contributed by atoms with van der Waals surface area (Å²) in [5.41, 5.74) is -0.597. The summed E-state index contributed by atoms with van der Waals surface area (Å²) >= 11 is 0. The highest BCUT2D eigenvalue weighted by Gasteiger charge is 2.15. The molecule has 0 saturated carbocycles. The third-order valence-corrected chi connectivity index (χ3v) is 2.84. The van der Waals surface area contributed by atoms with E-state index in [1.54, 1.807) is 12.4 Å². The lowest BCUT2D eigenvalue weighted by Crippen LogP contribution is -2.25. The summed E-state index contributed by atoms with van der Waals surface area (Å²) in [5, 5.41) is 13.0. The summed E-state index contributed by atoms with van der Waals surface area (Å²) in [7, 11) is 0. The number of halogens is 1. The first kappa shape index (κ1) is 14.6. The fraction of sp³-hybridized carbons (Fsp3) is 0.231. The fourth-order valence-corrected chi connectivity index (χ4v) is 1.79. The highest BCUT2D eigenvalue weighted by molar-refractivity contribution is 5.94. The summed E-state index contributed by atoms with van der Waals surface area (Å²) in [6.45, 7) is 0.357. The average molecular weight is 292 g/mol. The van der Waals surface area contributed by atoms with Crippen molar-refractivity contribution < 1.29 is 14.1 Å². The standard InChI is InChI=1S/C13H13FN4O3/c14-11-8-9(18(20)21)3-4-10(11)13(19)17-5-1-2-12-15-6-7-16-12/h3-4,6-8H,1-2,5H2,(H,15,16)(H,17,19). The van der Waals surface area contributed by atoms with Crippen molar-refractivity contribution in [2.45, 2.75) is 12.8 Å². The Labute approximate surface area is 119 Å². The van der Waals surface area contributed by atoms with Crippen LogP contribution in [0.15, 0.2) is 30.6 Å². The van der Waals surface area contributed by atoms with Crippen LogP contribution < -0.4 is 5.32 Å². The lowest BCUT2D eigenvalue weighted by molar-refractivity contribution is -0.385. The number of nitro groups is 1. The predicted octanol–water partition coefficient (Wildman–Crippen LogP) is 1.82. The molecule has 0 aliphatic rings. The molecule has 2 N–H and O–H groups in total. The number of aromatic nitrogens is 2. The molecular weight excluding hydrogens is 279 g/mol. The maximum atomic E-state index is 13.6. The van der Waals surface area contributed by atoms with Gasteiger partial charge in [0.2, 0.25) is 0 Å². The third kappa shape index (κ3) is 3.85. The number of aromatic amines is 1. The van der Waals surface area contributed by atoms with Gasteiger partial charge in [-0.3, -0.25) is 14.9 Å². The molecule has 1 heterocycles. The van der Waals surface area contributed by atoms with Crippen molar-refractivity contribution in [3.63, 3.8) is 0 Å². The Bertz CT molecular complexity index is 643. The van der Waals surface area contributed by atoms with Gasteiger partial charge in [-0.05, 0) is 12.5 Å². The molecule has 0 aliphatic carbocycles. The zero-order valence-electron chi connectivity index (χ0n) is 11.0.